The summed E-state index contributed by atoms with van der Waals surface area (Å²) in [6.45, 7) is -0.144. The molecule has 19 heavy (non-hydrogen) atoms. The number of ether oxygens (including phenoxy) is 2. The van der Waals surface area contributed by atoms with Gasteiger partial charge in [-0.05, 0) is 19.2 Å². The van der Waals surface area contributed by atoms with Crippen LogP contribution in [0.5, 0.6) is 11.5 Å². The molecule has 1 aromatic rings. The highest BCUT2D eigenvalue weighted by atomic mass is 16.6. The van der Waals surface area contributed by atoms with Gasteiger partial charge in [0.25, 0.3) is 0 Å². The molecule has 0 aliphatic rings. The molecule has 0 bridgehead atoms. The quantitative estimate of drug-likeness (QED) is 0.552. The molecule has 0 aliphatic heterocycles. The maximum absolute atomic E-state index is 10.8. The Balaban J connectivity index is 2.82. The molecular weight excluding hydrogens is 256 g/mol. The Morgan fingerprint density at radius 3 is 2.74 bits per heavy atom. The van der Waals surface area contributed by atoms with Crippen molar-refractivity contribution in [3.63, 3.8) is 0 Å². The van der Waals surface area contributed by atoms with Gasteiger partial charge in [-0.1, -0.05) is 0 Å². The molecule has 0 saturated heterocycles. The second-order valence-electron chi connectivity index (χ2n) is 3.58. The molecule has 0 fully saturated rings. The van der Waals surface area contributed by atoms with Crippen molar-refractivity contribution in [1.82, 2.24) is 5.32 Å². The zero-order valence-corrected chi connectivity index (χ0v) is 10.5. The predicted molar refractivity (Wildman–Crippen MR) is 65.6 cm³/mol. The van der Waals surface area contributed by atoms with Crippen LogP contribution in [0.1, 0.15) is 0 Å². The van der Waals surface area contributed by atoms with Crippen LogP contribution in [0.2, 0.25) is 0 Å². The fourth-order valence-corrected chi connectivity index (χ4v) is 1.36. The molecule has 0 heterocycles. The van der Waals surface area contributed by atoms with Crippen LogP contribution in [-0.4, -0.2) is 42.8 Å². The molecule has 8 nitrogen and oxygen atoms in total. The standard InChI is InChI=1S/C11H14N2O6/c1-12-8(11(14)15)6-19-7-3-4-10(18-2)9(5-7)13(16)17/h3-5,8,12H,6H2,1-2H3,(H,14,15). The molecule has 0 spiro atoms. The van der Waals surface area contributed by atoms with Crippen molar-refractivity contribution in [2.45, 2.75) is 6.04 Å². The average molecular weight is 270 g/mol. The second kappa shape index (κ2) is 6.55. The highest BCUT2D eigenvalue weighted by Crippen LogP contribution is 2.30. The van der Waals surface area contributed by atoms with Crippen molar-refractivity contribution in [1.29, 1.82) is 0 Å². The fourth-order valence-electron chi connectivity index (χ4n) is 1.36. The van der Waals surface area contributed by atoms with E-state index in [1.807, 2.05) is 0 Å². The third-order valence-corrected chi connectivity index (χ3v) is 2.41. The lowest BCUT2D eigenvalue weighted by Crippen LogP contribution is -2.39. The number of likely N-dealkylation sites (N-methyl/N-ethyl adjacent to an activating group) is 1. The van der Waals surface area contributed by atoms with Crippen LogP contribution in [0.4, 0.5) is 5.69 Å². The number of hydrogen-bond donors (Lipinski definition) is 2. The zero-order chi connectivity index (χ0) is 14.4. The van der Waals surface area contributed by atoms with Crippen molar-refractivity contribution in [2.75, 3.05) is 20.8 Å². The van der Waals surface area contributed by atoms with E-state index in [1.54, 1.807) is 0 Å². The summed E-state index contributed by atoms with van der Waals surface area (Å²) in [5.41, 5.74) is -0.240. The molecule has 0 aromatic heterocycles. The molecule has 8 heteroatoms. The first-order chi connectivity index (χ1) is 8.99. The van der Waals surface area contributed by atoms with Gasteiger partial charge in [0, 0.05) is 0 Å². The van der Waals surface area contributed by atoms with Crippen LogP contribution in [0, 0.1) is 10.1 Å². The molecule has 1 aromatic carbocycles. The lowest BCUT2D eigenvalue weighted by Gasteiger charge is -2.13. The van der Waals surface area contributed by atoms with Crippen molar-refractivity contribution in [3.8, 4) is 11.5 Å². The number of nitrogens with one attached hydrogen (secondary N) is 1. The fraction of sp³-hybridized carbons (Fsp3) is 0.364. The van der Waals surface area contributed by atoms with Gasteiger partial charge >= 0.3 is 11.7 Å². The van der Waals surface area contributed by atoms with Gasteiger partial charge in [-0.25, -0.2) is 0 Å². The zero-order valence-electron chi connectivity index (χ0n) is 10.5. The van der Waals surface area contributed by atoms with Gasteiger partial charge in [0.1, 0.15) is 18.4 Å². The van der Waals surface area contributed by atoms with Gasteiger partial charge in [-0.15, -0.1) is 0 Å². The molecular formula is C11H14N2O6. The third-order valence-electron chi connectivity index (χ3n) is 2.41. The molecule has 0 saturated carbocycles. The lowest BCUT2D eigenvalue weighted by molar-refractivity contribution is -0.385. The van der Waals surface area contributed by atoms with Crippen LogP contribution < -0.4 is 14.8 Å². The summed E-state index contributed by atoms with van der Waals surface area (Å²) in [6.07, 6.45) is 0. The second-order valence-corrected chi connectivity index (χ2v) is 3.58. The first kappa shape index (κ1) is 14.7. The van der Waals surface area contributed by atoms with E-state index in [-0.39, 0.29) is 23.8 Å². The Morgan fingerprint density at radius 2 is 2.26 bits per heavy atom. The summed E-state index contributed by atoms with van der Waals surface area (Å²) in [6, 6.07) is 3.16. The highest BCUT2D eigenvalue weighted by molar-refractivity contribution is 5.73. The monoisotopic (exact) mass is 270 g/mol. The van der Waals surface area contributed by atoms with Crippen molar-refractivity contribution < 1.29 is 24.3 Å². The first-order valence-corrected chi connectivity index (χ1v) is 5.35. The number of aliphatic carboxylic acids is 1. The van der Waals surface area contributed by atoms with Crippen molar-refractivity contribution in [3.05, 3.63) is 28.3 Å². The Morgan fingerprint density at radius 1 is 1.58 bits per heavy atom. The van der Waals surface area contributed by atoms with E-state index in [0.717, 1.165) is 0 Å². The summed E-state index contributed by atoms with van der Waals surface area (Å²) in [5, 5.41) is 22.2. The largest absolute Gasteiger partial charge is 0.491 e. The van der Waals surface area contributed by atoms with Gasteiger partial charge in [-0.3, -0.25) is 14.9 Å². The summed E-state index contributed by atoms with van der Waals surface area (Å²) in [5.74, 6) is -0.750. The van der Waals surface area contributed by atoms with E-state index in [0.29, 0.717) is 0 Å². The van der Waals surface area contributed by atoms with E-state index < -0.39 is 16.9 Å². The molecule has 1 rings (SSSR count). The number of rotatable bonds is 7. The van der Waals surface area contributed by atoms with Gasteiger partial charge in [0.05, 0.1) is 18.1 Å². The number of carboxylic acids is 1. The van der Waals surface area contributed by atoms with Crippen LogP contribution >= 0.6 is 0 Å². The molecule has 0 aliphatic carbocycles. The minimum absolute atomic E-state index is 0.112. The van der Waals surface area contributed by atoms with E-state index in [9.17, 15) is 14.9 Å². The van der Waals surface area contributed by atoms with Gasteiger partial charge < -0.3 is 19.9 Å². The molecule has 0 radical (unpaired) electrons. The van der Waals surface area contributed by atoms with Crippen LogP contribution in [0.25, 0.3) is 0 Å². The van der Waals surface area contributed by atoms with E-state index in [1.165, 1.54) is 32.4 Å². The maximum atomic E-state index is 10.8. The Hall–Kier alpha value is -2.35. The van der Waals surface area contributed by atoms with E-state index >= 15 is 0 Å². The number of nitro benzene ring substituents is 1. The smallest absolute Gasteiger partial charge is 0.324 e. The molecule has 1 atom stereocenters. The van der Waals surface area contributed by atoms with Crippen LogP contribution in [0.15, 0.2) is 18.2 Å². The summed E-state index contributed by atoms with van der Waals surface area (Å²) < 4.78 is 10.1. The summed E-state index contributed by atoms with van der Waals surface area (Å²) in [7, 11) is 2.81. The Kier molecular flexibility index (Phi) is 5.07. The first-order valence-electron chi connectivity index (χ1n) is 5.35. The number of nitrogens with zero attached hydrogens (tertiary/aromatic N) is 1. The minimum atomic E-state index is -1.06. The lowest BCUT2D eigenvalue weighted by atomic mass is 10.2. The number of nitro groups is 1. The van der Waals surface area contributed by atoms with E-state index in [2.05, 4.69) is 5.32 Å². The van der Waals surface area contributed by atoms with Gasteiger partial charge in [-0.2, -0.15) is 0 Å². The Labute approximate surface area is 109 Å². The number of methoxy groups -OCH3 is 1. The molecule has 1 unspecified atom stereocenters. The van der Waals surface area contributed by atoms with Gasteiger partial charge in [0.15, 0.2) is 5.75 Å². The van der Waals surface area contributed by atoms with E-state index in [4.69, 9.17) is 14.6 Å². The number of carboxylic acid groups (broad SMARTS) is 1. The van der Waals surface area contributed by atoms with Crippen LogP contribution in [-0.2, 0) is 4.79 Å². The highest BCUT2D eigenvalue weighted by Gasteiger charge is 2.18. The number of carbonyl (C=O) groups is 1. The topological polar surface area (TPSA) is 111 Å². The number of benzene rings is 1. The van der Waals surface area contributed by atoms with Crippen molar-refractivity contribution in [2.24, 2.45) is 0 Å². The number of hydrogen-bond acceptors (Lipinski definition) is 6. The summed E-state index contributed by atoms with van der Waals surface area (Å²) in [4.78, 5) is 21.0. The van der Waals surface area contributed by atoms with Gasteiger partial charge in [0.2, 0.25) is 0 Å². The van der Waals surface area contributed by atoms with Crippen LogP contribution in [0.3, 0.4) is 0 Å². The maximum Gasteiger partial charge on any atom is 0.324 e. The average Bonchev–Trinajstić information content (AvgIpc) is 2.38. The Bertz CT molecular complexity index is 476. The summed E-state index contributed by atoms with van der Waals surface area (Å²) >= 11 is 0. The third kappa shape index (κ3) is 3.81. The minimum Gasteiger partial charge on any atom is -0.491 e. The normalized spacial score (nSPS) is 11.7. The van der Waals surface area contributed by atoms with Crippen molar-refractivity contribution >= 4 is 11.7 Å². The molecule has 0 amide bonds. The SMILES string of the molecule is CNC(COc1ccc(OC)c([N+](=O)[O-])c1)C(=O)O. The predicted octanol–water partition coefficient (Wildman–Crippen LogP) is 0.655. The molecule has 2 N–H and O–H groups in total. The molecule has 104 valence electrons.